The van der Waals surface area contributed by atoms with Crippen molar-refractivity contribution in [1.82, 2.24) is 9.97 Å². The molecule has 0 aliphatic rings. The van der Waals surface area contributed by atoms with Crippen molar-refractivity contribution in [1.29, 1.82) is 0 Å². The minimum atomic E-state index is -3.96. The number of hydrogen-bond acceptors (Lipinski definition) is 4. The lowest BCUT2D eigenvalue weighted by Crippen LogP contribution is -2.14. The van der Waals surface area contributed by atoms with Gasteiger partial charge in [0.25, 0.3) is 10.0 Å². The maximum Gasteiger partial charge on any atom is 0.265 e. The van der Waals surface area contributed by atoms with Crippen LogP contribution in [0.5, 0.6) is 0 Å². The molecule has 19 heavy (non-hydrogen) atoms. The molecule has 0 fully saturated rings. The van der Waals surface area contributed by atoms with E-state index < -0.39 is 15.8 Å². The van der Waals surface area contributed by atoms with E-state index >= 15 is 0 Å². The van der Waals surface area contributed by atoms with Gasteiger partial charge in [-0.25, -0.2) is 22.8 Å². The van der Waals surface area contributed by atoms with Gasteiger partial charge in [0, 0.05) is 4.47 Å². The maximum atomic E-state index is 13.5. The van der Waals surface area contributed by atoms with Gasteiger partial charge in [-0.2, -0.15) is 0 Å². The van der Waals surface area contributed by atoms with Gasteiger partial charge in [0.15, 0.2) is 0 Å². The highest BCUT2D eigenvalue weighted by Crippen LogP contribution is 2.22. The van der Waals surface area contributed by atoms with Crippen LogP contribution in [0.2, 0.25) is 5.28 Å². The van der Waals surface area contributed by atoms with E-state index in [1.807, 2.05) is 0 Å². The predicted molar refractivity (Wildman–Crippen MR) is 72.0 cm³/mol. The molecular formula is C10H6BrClFN3O2S. The van der Waals surface area contributed by atoms with E-state index in [0.717, 1.165) is 18.5 Å². The minimum absolute atomic E-state index is 0.0763. The van der Waals surface area contributed by atoms with Crippen LogP contribution in [0.1, 0.15) is 0 Å². The Balaban J connectivity index is 2.36. The SMILES string of the molecule is O=S(=O)(Nc1cc(Br)ccc1F)c1cnc(Cl)nc1. The van der Waals surface area contributed by atoms with Gasteiger partial charge in [0.2, 0.25) is 5.28 Å². The lowest BCUT2D eigenvalue weighted by atomic mass is 10.3. The molecule has 0 unspecified atom stereocenters. The molecular weight excluding hydrogens is 361 g/mol. The summed E-state index contributed by atoms with van der Waals surface area (Å²) in [5.41, 5.74) is -0.177. The number of hydrogen-bond donors (Lipinski definition) is 1. The molecule has 0 saturated carbocycles. The number of anilines is 1. The number of nitrogens with zero attached hydrogens (tertiary/aromatic N) is 2. The van der Waals surface area contributed by atoms with Crippen LogP contribution in [0, 0.1) is 5.82 Å². The Morgan fingerprint density at radius 3 is 2.53 bits per heavy atom. The summed E-state index contributed by atoms with van der Waals surface area (Å²) in [7, 11) is -3.96. The number of sulfonamides is 1. The van der Waals surface area contributed by atoms with Gasteiger partial charge in [-0.15, -0.1) is 0 Å². The van der Waals surface area contributed by atoms with E-state index in [0.29, 0.717) is 4.47 Å². The van der Waals surface area contributed by atoms with Crippen LogP contribution >= 0.6 is 27.5 Å². The Morgan fingerprint density at radius 1 is 1.26 bits per heavy atom. The third-order valence-electron chi connectivity index (χ3n) is 2.08. The van der Waals surface area contributed by atoms with Crippen LogP contribution in [0.4, 0.5) is 10.1 Å². The molecule has 1 aromatic carbocycles. The molecule has 5 nitrogen and oxygen atoms in total. The van der Waals surface area contributed by atoms with Crippen LogP contribution in [-0.2, 0) is 10.0 Å². The van der Waals surface area contributed by atoms with Crippen molar-refractivity contribution in [3.05, 3.63) is 46.2 Å². The van der Waals surface area contributed by atoms with Crippen LogP contribution in [0.3, 0.4) is 0 Å². The largest absolute Gasteiger partial charge is 0.277 e. The second-order valence-electron chi connectivity index (χ2n) is 3.42. The van der Waals surface area contributed by atoms with Crippen molar-refractivity contribution in [2.24, 2.45) is 0 Å². The van der Waals surface area contributed by atoms with Crippen LogP contribution in [-0.4, -0.2) is 18.4 Å². The Labute approximate surface area is 122 Å². The van der Waals surface area contributed by atoms with Gasteiger partial charge in [-0.3, -0.25) is 4.72 Å². The first-order valence-corrected chi connectivity index (χ1v) is 7.49. The Bertz CT molecular complexity index is 709. The van der Waals surface area contributed by atoms with Crippen molar-refractivity contribution in [2.45, 2.75) is 4.90 Å². The molecule has 0 bridgehead atoms. The molecule has 2 rings (SSSR count). The molecule has 100 valence electrons. The molecule has 1 N–H and O–H groups in total. The van der Waals surface area contributed by atoms with Crippen molar-refractivity contribution >= 4 is 43.2 Å². The summed E-state index contributed by atoms with van der Waals surface area (Å²) in [6, 6.07) is 3.91. The lowest BCUT2D eigenvalue weighted by Gasteiger charge is -2.08. The Morgan fingerprint density at radius 2 is 1.89 bits per heavy atom. The molecule has 0 spiro atoms. The Kier molecular flexibility index (Phi) is 4.02. The van der Waals surface area contributed by atoms with Crippen molar-refractivity contribution < 1.29 is 12.8 Å². The van der Waals surface area contributed by atoms with Gasteiger partial charge < -0.3 is 0 Å². The molecule has 2 aromatic rings. The average Bonchev–Trinajstić information content (AvgIpc) is 2.34. The summed E-state index contributed by atoms with van der Waals surface area (Å²) in [5.74, 6) is -0.693. The zero-order chi connectivity index (χ0) is 14.0. The highest BCUT2D eigenvalue weighted by Gasteiger charge is 2.17. The average molecular weight is 367 g/mol. The molecule has 0 aliphatic heterocycles. The summed E-state index contributed by atoms with van der Waals surface area (Å²) < 4.78 is 40.0. The minimum Gasteiger partial charge on any atom is -0.277 e. The second kappa shape index (κ2) is 5.40. The van der Waals surface area contributed by atoms with E-state index in [4.69, 9.17) is 11.6 Å². The number of nitrogens with one attached hydrogen (secondary N) is 1. The van der Waals surface area contributed by atoms with E-state index in [1.54, 1.807) is 0 Å². The van der Waals surface area contributed by atoms with E-state index in [-0.39, 0.29) is 15.9 Å². The first-order chi connectivity index (χ1) is 8.88. The number of halogens is 3. The molecule has 1 aromatic heterocycles. The van der Waals surface area contributed by atoms with E-state index in [1.165, 1.54) is 12.1 Å². The number of aromatic nitrogens is 2. The highest BCUT2D eigenvalue weighted by atomic mass is 79.9. The standard InChI is InChI=1S/C10H6BrClFN3O2S/c11-6-1-2-8(13)9(3-6)16-19(17,18)7-4-14-10(12)15-5-7/h1-5,16H. The van der Waals surface area contributed by atoms with Crippen LogP contribution < -0.4 is 4.72 Å². The lowest BCUT2D eigenvalue weighted by molar-refractivity contribution is 0.597. The molecule has 0 atom stereocenters. The first kappa shape index (κ1) is 14.2. The zero-order valence-corrected chi connectivity index (χ0v) is 12.3. The Hall–Kier alpha value is -1.25. The molecule has 0 saturated heterocycles. The first-order valence-electron chi connectivity index (χ1n) is 4.84. The molecule has 0 radical (unpaired) electrons. The van der Waals surface area contributed by atoms with Gasteiger partial charge in [0.1, 0.15) is 10.7 Å². The predicted octanol–water partition coefficient (Wildman–Crippen LogP) is 2.83. The third kappa shape index (κ3) is 3.40. The van der Waals surface area contributed by atoms with Crippen molar-refractivity contribution in [2.75, 3.05) is 4.72 Å². The number of rotatable bonds is 3. The normalized spacial score (nSPS) is 11.3. The highest BCUT2D eigenvalue weighted by molar-refractivity contribution is 9.10. The van der Waals surface area contributed by atoms with Crippen LogP contribution in [0.15, 0.2) is 40.0 Å². The zero-order valence-electron chi connectivity index (χ0n) is 9.14. The van der Waals surface area contributed by atoms with Gasteiger partial charge >= 0.3 is 0 Å². The van der Waals surface area contributed by atoms with Crippen LogP contribution in [0.25, 0.3) is 0 Å². The molecule has 0 amide bonds. The summed E-state index contributed by atoms with van der Waals surface area (Å²) in [4.78, 5) is 6.91. The second-order valence-corrected chi connectivity index (χ2v) is 6.35. The van der Waals surface area contributed by atoms with Gasteiger partial charge in [-0.1, -0.05) is 15.9 Å². The summed E-state index contributed by atoms with van der Waals surface area (Å²) in [6.45, 7) is 0. The molecule has 0 aliphatic carbocycles. The summed E-state index contributed by atoms with van der Waals surface area (Å²) >= 11 is 8.59. The summed E-state index contributed by atoms with van der Waals surface area (Å²) in [6.07, 6.45) is 2.07. The summed E-state index contributed by atoms with van der Waals surface area (Å²) in [5, 5.41) is -0.0763. The van der Waals surface area contributed by atoms with Crippen molar-refractivity contribution in [3.63, 3.8) is 0 Å². The van der Waals surface area contributed by atoms with Gasteiger partial charge in [0.05, 0.1) is 18.1 Å². The third-order valence-corrected chi connectivity index (χ3v) is 4.09. The van der Waals surface area contributed by atoms with Gasteiger partial charge in [-0.05, 0) is 29.8 Å². The maximum absolute atomic E-state index is 13.5. The van der Waals surface area contributed by atoms with E-state index in [2.05, 4.69) is 30.6 Å². The monoisotopic (exact) mass is 365 g/mol. The fourth-order valence-corrected chi connectivity index (χ4v) is 2.62. The quantitative estimate of drug-likeness (QED) is 0.848. The van der Waals surface area contributed by atoms with E-state index in [9.17, 15) is 12.8 Å². The fourth-order valence-electron chi connectivity index (χ4n) is 1.22. The fraction of sp³-hybridized carbons (Fsp3) is 0. The molecule has 1 heterocycles. The topological polar surface area (TPSA) is 72.0 Å². The smallest absolute Gasteiger partial charge is 0.265 e. The number of benzene rings is 1. The van der Waals surface area contributed by atoms with Crippen molar-refractivity contribution in [3.8, 4) is 0 Å². The molecule has 9 heteroatoms.